The molecule has 0 saturated heterocycles. The Morgan fingerprint density at radius 1 is 1.57 bits per heavy atom. The minimum atomic E-state index is 0.167. The van der Waals surface area contributed by atoms with E-state index in [0.717, 1.165) is 21.3 Å². The van der Waals surface area contributed by atoms with Gasteiger partial charge < -0.3 is 9.52 Å². The SMILES string of the molecule is Cc1nc(-c2ccco2)sc1CCO. The predicted octanol–water partition coefficient (Wildman–Crippen LogP) is 2.25. The van der Waals surface area contributed by atoms with Crippen LogP contribution >= 0.6 is 11.3 Å². The minimum Gasteiger partial charge on any atom is -0.462 e. The Labute approximate surface area is 86.0 Å². The average Bonchev–Trinajstić information content (AvgIpc) is 2.76. The Balaban J connectivity index is 2.33. The smallest absolute Gasteiger partial charge is 0.162 e. The second kappa shape index (κ2) is 3.94. The molecular formula is C10H11NO2S. The lowest BCUT2D eigenvalue weighted by Gasteiger charge is -1.90. The van der Waals surface area contributed by atoms with Crippen LogP contribution in [-0.2, 0) is 6.42 Å². The van der Waals surface area contributed by atoms with Crippen LogP contribution in [0.5, 0.6) is 0 Å². The first-order valence-electron chi connectivity index (χ1n) is 4.42. The molecule has 0 saturated carbocycles. The topological polar surface area (TPSA) is 46.3 Å². The van der Waals surface area contributed by atoms with E-state index in [-0.39, 0.29) is 6.61 Å². The molecule has 0 radical (unpaired) electrons. The summed E-state index contributed by atoms with van der Waals surface area (Å²) in [6.07, 6.45) is 2.31. The second-order valence-corrected chi connectivity index (χ2v) is 4.06. The number of hydrogen-bond donors (Lipinski definition) is 1. The maximum atomic E-state index is 8.84. The molecule has 0 unspecified atom stereocenters. The monoisotopic (exact) mass is 209 g/mol. The van der Waals surface area contributed by atoms with Gasteiger partial charge in [-0.25, -0.2) is 4.98 Å². The number of aliphatic hydroxyl groups is 1. The van der Waals surface area contributed by atoms with Crippen molar-refractivity contribution < 1.29 is 9.52 Å². The first-order chi connectivity index (χ1) is 6.81. The van der Waals surface area contributed by atoms with E-state index in [1.807, 2.05) is 19.1 Å². The van der Waals surface area contributed by atoms with Gasteiger partial charge in [0.2, 0.25) is 0 Å². The van der Waals surface area contributed by atoms with E-state index in [1.165, 1.54) is 0 Å². The standard InChI is InChI=1S/C10H11NO2S/c1-7-9(4-5-12)14-10(11-7)8-3-2-6-13-8/h2-3,6,12H,4-5H2,1H3. The van der Waals surface area contributed by atoms with Gasteiger partial charge in [-0.1, -0.05) is 0 Å². The van der Waals surface area contributed by atoms with Crippen LogP contribution in [0.25, 0.3) is 10.8 Å². The average molecular weight is 209 g/mol. The second-order valence-electron chi connectivity index (χ2n) is 2.98. The van der Waals surface area contributed by atoms with Crippen molar-refractivity contribution in [3.63, 3.8) is 0 Å². The molecule has 0 amide bonds. The van der Waals surface area contributed by atoms with Crippen molar-refractivity contribution in [2.24, 2.45) is 0 Å². The first kappa shape index (κ1) is 9.43. The molecule has 0 spiro atoms. The normalized spacial score (nSPS) is 10.7. The van der Waals surface area contributed by atoms with Crippen LogP contribution in [0.1, 0.15) is 10.6 Å². The van der Waals surface area contributed by atoms with Gasteiger partial charge in [0.25, 0.3) is 0 Å². The number of rotatable bonds is 3. The van der Waals surface area contributed by atoms with Crippen LogP contribution in [-0.4, -0.2) is 16.7 Å². The summed E-state index contributed by atoms with van der Waals surface area (Å²) in [5.41, 5.74) is 0.982. The van der Waals surface area contributed by atoms with Crippen molar-refractivity contribution in [2.45, 2.75) is 13.3 Å². The lowest BCUT2D eigenvalue weighted by molar-refractivity contribution is 0.300. The van der Waals surface area contributed by atoms with Gasteiger partial charge in [-0.15, -0.1) is 11.3 Å². The van der Waals surface area contributed by atoms with Crippen molar-refractivity contribution >= 4 is 11.3 Å². The van der Waals surface area contributed by atoms with Crippen molar-refractivity contribution in [3.8, 4) is 10.8 Å². The van der Waals surface area contributed by atoms with Crippen molar-refractivity contribution in [3.05, 3.63) is 29.0 Å². The lowest BCUT2D eigenvalue weighted by Crippen LogP contribution is -1.88. The molecule has 4 heteroatoms. The molecule has 1 N–H and O–H groups in total. The van der Waals surface area contributed by atoms with Crippen LogP contribution < -0.4 is 0 Å². The fraction of sp³-hybridized carbons (Fsp3) is 0.300. The highest BCUT2D eigenvalue weighted by atomic mass is 32.1. The van der Waals surface area contributed by atoms with E-state index >= 15 is 0 Å². The molecule has 2 aromatic rings. The Morgan fingerprint density at radius 2 is 2.43 bits per heavy atom. The van der Waals surface area contributed by atoms with Crippen LogP contribution in [0, 0.1) is 6.92 Å². The highest BCUT2D eigenvalue weighted by Crippen LogP contribution is 2.28. The van der Waals surface area contributed by atoms with E-state index in [2.05, 4.69) is 4.98 Å². The Morgan fingerprint density at radius 3 is 3.07 bits per heavy atom. The number of hydrogen-bond acceptors (Lipinski definition) is 4. The molecule has 2 heterocycles. The molecule has 2 rings (SSSR count). The molecule has 3 nitrogen and oxygen atoms in total. The van der Waals surface area contributed by atoms with Gasteiger partial charge in [-0.3, -0.25) is 0 Å². The van der Waals surface area contributed by atoms with Crippen LogP contribution in [0.3, 0.4) is 0 Å². The zero-order valence-corrected chi connectivity index (χ0v) is 8.67. The van der Waals surface area contributed by atoms with E-state index in [1.54, 1.807) is 17.6 Å². The summed E-state index contributed by atoms with van der Waals surface area (Å²) in [6.45, 7) is 2.12. The molecular weight excluding hydrogens is 198 g/mol. The fourth-order valence-electron chi connectivity index (χ4n) is 1.27. The van der Waals surface area contributed by atoms with Gasteiger partial charge in [0.05, 0.1) is 12.0 Å². The molecule has 14 heavy (non-hydrogen) atoms. The predicted molar refractivity (Wildman–Crippen MR) is 55.3 cm³/mol. The zero-order valence-electron chi connectivity index (χ0n) is 7.86. The summed E-state index contributed by atoms with van der Waals surface area (Å²) in [6, 6.07) is 3.73. The van der Waals surface area contributed by atoms with Crippen molar-refractivity contribution in [2.75, 3.05) is 6.61 Å². The molecule has 74 valence electrons. The number of aliphatic hydroxyl groups excluding tert-OH is 1. The highest BCUT2D eigenvalue weighted by molar-refractivity contribution is 7.15. The molecule has 0 aliphatic heterocycles. The van der Waals surface area contributed by atoms with Crippen LogP contribution in [0.4, 0.5) is 0 Å². The summed E-state index contributed by atoms with van der Waals surface area (Å²) in [5.74, 6) is 0.794. The molecule has 2 aromatic heterocycles. The number of thiazole rings is 1. The summed E-state index contributed by atoms with van der Waals surface area (Å²) in [7, 11) is 0. The summed E-state index contributed by atoms with van der Waals surface area (Å²) in [4.78, 5) is 5.51. The highest BCUT2D eigenvalue weighted by Gasteiger charge is 2.10. The van der Waals surface area contributed by atoms with Gasteiger partial charge in [-0.2, -0.15) is 0 Å². The maximum absolute atomic E-state index is 8.84. The third-order valence-electron chi connectivity index (χ3n) is 1.96. The Bertz CT molecular complexity index is 406. The molecule has 0 fully saturated rings. The maximum Gasteiger partial charge on any atom is 0.162 e. The first-order valence-corrected chi connectivity index (χ1v) is 5.24. The van der Waals surface area contributed by atoms with Gasteiger partial charge >= 0.3 is 0 Å². The van der Waals surface area contributed by atoms with Crippen molar-refractivity contribution in [1.29, 1.82) is 0 Å². The summed E-state index contributed by atoms with van der Waals surface area (Å²) >= 11 is 1.58. The molecule has 0 bridgehead atoms. The Hall–Kier alpha value is -1.13. The largest absolute Gasteiger partial charge is 0.462 e. The third kappa shape index (κ3) is 1.71. The number of furan rings is 1. The number of aromatic nitrogens is 1. The lowest BCUT2D eigenvalue weighted by atomic mass is 10.3. The quantitative estimate of drug-likeness (QED) is 0.843. The molecule has 0 atom stereocenters. The van der Waals surface area contributed by atoms with Gasteiger partial charge in [-0.05, 0) is 19.1 Å². The molecule has 0 aliphatic rings. The number of nitrogens with zero attached hydrogens (tertiary/aromatic N) is 1. The van der Waals surface area contributed by atoms with Gasteiger partial charge in [0.15, 0.2) is 10.8 Å². The molecule has 0 aliphatic carbocycles. The minimum absolute atomic E-state index is 0.167. The van der Waals surface area contributed by atoms with Gasteiger partial charge in [0.1, 0.15) is 0 Å². The zero-order chi connectivity index (χ0) is 9.97. The van der Waals surface area contributed by atoms with Crippen LogP contribution in [0.15, 0.2) is 22.8 Å². The van der Waals surface area contributed by atoms with E-state index < -0.39 is 0 Å². The fourth-order valence-corrected chi connectivity index (χ4v) is 2.29. The van der Waals surface area contributed by atoms with Crippen LogP contribution in [0.2, 0.25) is 0 Å². The van der Waals surface area contributed by atoms with Crippen molar-refractivity contribution in [1.82, 2.24) is 4.98 Å². The van der Waals surface area contributed by atoms with E-state index in [9.17, 15) is 0 Å². The summed E-state index contributed by atoms with van der Waals surface area (Å²) in [5, 5.41) is 9.72. The van der Waals surface area contributed by atoms with E-state index in [4.69, 9.17) is 9.52 Å². The summed E-state index contributed by atoms with van der Waals surface area (Å²) < 4.78 is 5.25. The van der Waals surface area contributed by atoms with Gasteiger partial charge in [0, 0.05) is 17.9 Å². The molecule has 0 aromatic carbocycles. The Kier molecular flexibility index (Phi) is 2.65. The number of aryl methyl sites for hydroxylation is 1. The third-order valence-corrected chi connectivity index (χ3v) is 3.20. The van der Waals surface area contributed by atoms with E-state index in [0.29, 0.717) is 6.42 Å².